The zero-order chi connectivity index (χ0) is 20.3. The molecule has 2 aromatic carbocycles. The Balaban J connectivity index is 1.90. The summed E-state index contributed by atoms with van der Waals surface area (Å²) < 4.78 is 68.2. The van der Waals surface area contributed by atoms with Crippen molar-refractivity contribution in [1.82, 2.24) is 0 Å². The summed E-state index contributed by atoms with van der Waals surface area (Å²) >= 11 is 0. The number of carbonyl (C=O) groups excluding carboxylic acids is 1. The molecule has 28 heavy (non-hydrogen) atoms. The first kappa shape index (κ1) is 19.9. The maximum Gasteiger partial charge on any atom is 0.416 e. The number of alkyl halides is 5. The zero-order valence-electron chi connectivity index (χ0n) is 14.6. The minimum atomic E-state index is -4.56. The van der Waals surface area contributed by atoms with Crippen LogP contribution in [0.5, 0.6) is 5.75 Å². The molecule has 1 aliphatic rings. The molecule has 9 heteroatoms. The average molecular weight is 400 g/mol. The predicted octanol–water partition coefficient (Wildman–Crippen LogP) is 5.16. The molecular formula is C19H17F5N2O2. The van der Waals surface area contributed by atoms with E-state index in [1.54, 1.807) is 0 Å². The standard InChI is InChI=1S/C19H17F5N2O2/c20-18(21)28-14-5-3-4-12(10-14)17(27)25-15-11-13(19(22,23)24)6-7-16(15)26-8-1-2-9-26/h3-7,10-11,18H,1-2,8-9H2,(H,25,27). The van der Waals surface area contributed by atoms with E-state index in [2.05, 4.69) is 10.1 Å². The van der Waals surface area contributed by atoms with Gasteiger partial charge in [-0.2, -0.15) is 22.0 Å². The maximum atomic E-state index is 13.1. The summed E-state index contributed by atoms with van der Waals surface area (Å²) in [7, 11) is 0. The Labute approximate surface area is 157 Å². The van der Waals surface area contributed by atoms with E-state index in [0.29, 0.717) is 18.8 Å². The van der Waals surface area contributed by atoms with Crippen LogP contribution in [0, 0.1) is 0 Å². The van der Waals surface area contributed by atoms with Crippen LogP contribution in [0.2, 0.25) is 0 Å². The molecule has 0 saturated carbocycles. The third-order valence-electron chi connectivity index (χ3n) is 4.34. The highest BCUT2D eigenvalue weighted by molar-refractivity contribution is 6.06. The van der Waals surface area contributed by atoms with Crippen LogP contribution < -0.4 is 15.0 Å². The molecular weight excluding hydrogens is 383 g/mol. The van der Waals surface area contributed by atoms with Crippen LogP contribution in [-0.2, 0) is 6.18 Å². The number of rotatable bonds is 5. The van der Waals surface area contributed by atoms with Gasteiger partial charge in [-0.25, -0.2) is 0 Å². The molecule has 1 aliphatic heterocycles. The highest BCUT2D eigenvalue weighted by atomic mass is 19.4. The van der Waals surface area contributed by atoms with Crippen molar-refractivity contribution in [3.63, 3.8) is 0 Å². The summed E-state index contributed by atoms with van der Waals surface area (Å²) in [5.74, 6) is -0.939. The molecule has 0 aliphatic carbocycles. The molecule has 2 aromatic rings. The molecule has 0 spiro atoms. The molecule has 4 nitrogen and oxygen atoms in total. The van der Waals surface area contributed by atoms with Crippen molar-refractivity contribution in [3.8, 4) is 5.75 Å². The van der Waals surface area contributed by atoms with E-state index in [0.717, 1.165) is 31.0 Å². The Morgan fingerprint density at radius 3 is 2.43 bits per heavy atom. The molecule has 0 unspecified atom stereocenters. The summed E-state index contributed by atoms with van der Waals surface area (Å²) in [5, 5.41) is 2.47. The minimum Gasteiger partial charge on any atom is -0.435 e. The molecule has 1 saturated heterocycles. The number of nitrogens with one attached hydrogen (secondary N) is 1. The van der Waals surface area contributed by atoms with E-state index >= 15 is 0 Å². The van der Waals surface area contributed by atoms with Gasteiger partial charge in [0.1, 0.15) is 5.75 Å². The summed E-state index contributed by atoms with van der Waals surface area (Å²) in [4.78, 5) is 14.4. The Bertz CT molecular complexity index is 848. The smallest absolute Gasteiger partial charge is 0.416 e. The monoisotopic (exact) mass is 400 g/mol. The fourth-order valence-electron chi connectivity index (χ4n) is 3.05. The van der Waals surface area contributed by atoms with E-state index in [-0.39, 0.29) is 17.0 Å². The molecule has 0 atom stereocenters. The normalized spacial score (nSPS) is 14.4. The van der Waals surface area contributed by atoms with E-state index in [9.17, 15) is 26.7 Å². The van der Waals surface area contributed by atoms with Gasteiger partial charge in [0.25, 0.3) is 5.91 Å². The van der Waals surface area contributed by atoms with Gasteiger partial charge in [-0.3, -0.25) is 4.79 Å². The lowest BCUT2D eigenvalue weighted by atomic mass is 10.1. The second-order valence-corrected chi connectivity index (χ2v) is 6.28. The largest absolute Gasteiger partial charge is 0.435 e. The second kappa shape index (κ2) is 8.04. The maximum absolute atomic E-state index is 13.1. The SMILES string of the molecule is O=C(Nc1cc(C(F)(F)F)ccc1N1CCCC1)c1cccc(OC(F)F)c1. The molecule has 3 rings (SSSR count). The Hall–Kier alpha value is -2.84. The van der Waals surface area contributed by atoms with Gasteiger partial charge in [-0.05, 0) is 49.2 Å². The highest BCUT2D eigenvalue weighted by Gasteiger charge is 2.32. The van der Waals surface area contributed by atoms with Gasteiger partial charge in [0, 0.05) is 18.7 Å². The van der Waals surface area contributed by atoms with Gasteiger partial charge in [-0.15, -0.1) is 0 Å². The van der Waals surface area contributed by atoms with Crippen molar-refractivity contribution in [3.05, 3.63) is 53.6 Å². The summed E-state index contributed by atoms with van der Waals surface area (Å²) in [6.45, 7) is -1.71. The van der Waals surface area contributed by atoms with Crippen LogP contribution in [-0.4, -0.2) is 25.6 Å². The van der Waals surface area contributed by atoms with Crippen molar-refractivity contribution in [2.45, 2.75) is 25.6 Å². The molecule has 1 fully saturated rings. The van der Waals surface area contributed by atoms with E-state index in [1.165, 1.54) is 24.3 Å². The fourth-order valence-corrected chi connectivity index (χ4v) is 3.05. The van der Waals surface area contributed by atoms with Crippen molar-refractivity contribution in [2.75, 3.05) is 23.3 Å². The Morgan fingerprint density at radius 1 is 1.07 bits per heavy atom. The summed E-state index contributed by atoms with van der Waals surface area (Å²) in [5.41, 5.74) is -0.399. The van der Waals surface area contributed by atoms with Gasteiger partial charge in [-0.1, -0.05) is 6.07 Å². The first-order valence-electron chi connectivity index (χ1n) is 8.56. The first-order chi connectivity index (χ1) is 13.2. The summed E-state index contributed by atoms with van der Waals surface area (Å²) in [6, 6.07) is 8.25. The number of ether oxygens (including phenoxy) is 1. The minimum absolute atomic E-state index is 0.0112. The molecule has 1 amide bonds. The van der Waals surface area contributed by atoms with E-state index in [1.807, 2.05) is 4.90 Å². The number of halogens is 5. The lowest BCUT2D eigenvalue weighted by molar-refractivity contribution is -0.137. The second-order valence-electron chi connectivity index (χ2n) is 6.28. The number of hydrogen-bond donors (Lipinski definition) is 1. The fraction of sp³-hybridized carbons (Fsp3) is 0.316. The third-order valence-corrected chi connectivity index (χ3v) is 4.34. The van der Waals surface area contributed by atoms with Crippen LogP contribution in [0.4, 0.5) is 33.3 Å². The van der Waals surface area contributed by atoms with Gasteiger partial charge >= 0.3 is 12.8 Å². The molecule has 0 radical (unpaired) electrons. The van der Waals surface area contributed by atoms with Gasteiger partial charge < -0.3 is 15.0 Å². The van der Waals surface area contributed by atoms with Crippen LogP contribution >= 0.6 is 0 Å². The van der Waals surface area contributed by atoms with Crippen molar-refractivity contribution in [1.29, 1.82) is 0 Å². The van der Waals surface area contributed by atoms with Crippen LogP contribution in [0.1, 0.15) is 28.8 Å². The van der Waals surface area contributed by atoms with Crippen LogP contribution in [0.3, 0.4) is 0 Å². The Kier molecular flexibility index (Phi) is 5.71. The molecule has 1 N–H and O–H groups in total. The lowest BCUT2D eigenvalue weighted by Crippen LogP contribution is -2.22. The quantitative estimate of drug-likeness (QED) is 0.705. The lowest BCUT2D eigenvalue weighted by Gasteiger charge is -2.23. The first-order valence-corrected chi connectivity index (χ1v) is 8.56. The highest BCUT2D eigenvalue weighted by Crippen LogP contribution is 2.36. The number of nitrogens with zero attached hydrogens (tertiary/aromatic N) is 1. The zero-order valence-corrected chi connectivity index (χ0v) is 14.6. The third kappa shape index (κ3) is 4.71. The van der Waals surface area contributed by atoms with E-state index in [4.69, 9.17) is 0 Å². The average Bonchev–Trinajstić information content (AvgIpc) is 3.15. The molecule has 0 aromatic heterocycles. The van der Waals surface area contributed by atoms with Crippen molar-refractivity contribution >= 4 is 17.3 Å². The number of amides is 1. The molecule has 1 heterocycles. The van der Waals surface area contributed by atoms with Gasteiger partial charge in [0.05, 0.1) is 16.9 Å². The van der Waals surface area contributed by atoms with Crippen LogP contribution in [0.25, 0.3) is 0 Å². The van der Waals surface area contributed by atoms with Crippen molar-refractivity contribution in [2.24, 2.45) is 0 Å². The Morgan fingerprint density at radius 2 is 1.79 bits per heavy atom. The molecule has 150 valence electrons. The van der Waals surface area contributed by atoms with Gasteiger partial charge in [0.2, 0.25) is 0 Å². The number of hydrogen-bond acceptors (Lipinski definition) is 3. The van der Waals surface area contributed by atoms with Crippen molar-refractivity contribution < 1.29 is 31.5 Å². The number of benzene rings is 2. The van der Waals surface area contributed by atoms with Gasteiger partial charge in [0.15, 0.2) is 0 Å². The summed E-state index contributed by atoms with van der Waals surface area (Å²) in [6.07, 6.45) is -2.75. The number of anilines is 2. The van der Waals surface area contributed by atoms with Crippen LogP contribution in [0.15, 0.2) is 42.5 Å². The topological polar surface area (TPSA) is 41.6 Å². The predicted molar refractivity (Wildman–Crippen MR) is 93.9 cm³/mol. The number of carbonyl (C=O) groups is 1. The molecule has 0 bridgehead atoms. The van der Waals surface area contributed by atoms with E-state index < -0.39 is 24.3 Å².